The second-order valence-corrected chi connectivity index (χ2v) is 4.49. The van der Waals surface area contributed by atoms with Crippen LogP contribution in [-0.4, -0.2) is 33.7 Å². The quantitative estimate of drug-likeness (QED) is 0.672. The lowest BCUT2D eigenvalue weighted by atomic mass is 10.0. The van der Waals surface area contributed by atoms with Gasteiger partial charge >= 0.3 is 0 Å². The molecule has 1 aromatic heterocycles. The number of nitrogens with one attached hydrogen (secondary N) is 2. The maximum atomic E-state index is 11.8. The van der Waals surface area contributed by atoms with E-state index < -0.39 is 0 Å². The molecule has 0 saturated carbocycles. The first-order chi connectivity index (χ1) is 8.06. The van der Waals surface area contributed by atoms with E-state index in [9.17, 15) is 4.79 Å². The van der Waals surface area contributed by atoms with Crippen LogP contribution >= 0.6 is 0 Å². The highest BCUT2D eigenvalue weighted by molar-refractivity contribution is 5.90. The monoisotopic (exact) mass is 239 g/mol. The lowest BCUT2D eigenvalue weighted by molar-refractivity contribution is 0.0923. The molecule has 0 saturated heterocycles. The van der Waals surface area contributed by atoms with Gasteiger partial charge in [-0.3, -0.25) is 9.89 Å². The van der Waals surface area contributed by atoms with Crippen LogP contribution < -0.4 is 11.1 Å². The fourth-order valence-corrected chi connectivity index (χ4v) is 1.59. The van der Waals surface area contributed by atoms with E-state index in [2.05, 4.69) is 34.3 Å². The van der Waals surface area contributed by atoms with Gasteiger partial charge in [0.2, 0.25) is 5.82 Å². The van der Waals surface area contributed by atoms with Gasteiger partial charge < -0.3 is 11.1 Å². The number of H-pyrrole nitrogens is 1. The second-order valence-electron chi connectivity index (χ2n) is 4.49. The maximum absolute atomic E-state index is 11.8. The highest BCUT2D eigenvalue weighted by Gasteiger charge is 2.17. The summed E-state index contributed by atoms with van der Waals surface area (Å²) in [6.07, 6.45) is 1.58. The van der Waals surface area contributed by atoms with Crippen LogP contribution in [0.15, 0.2) is 0 Å². The minimum absolute atomic E-state index is 0.0222. The molecule has 1 aromatic rings. The van der Waals surface area contributed by atoms with Crippen LogP contribution in [0.2, 0.25) is 0 Å². The third-order valence-electron chi connectivity index (χ3n) is 2.45. The van der Waals surface area contributed by atoms with Gasteiger partial charge in [0.15, 0.2) is 0 Å². The van der Waals surface area contributed by atoms with E-state index in [1.165, 1.54) is 0 Å². The number of nitrogens with two attached hydrogens (primary N) is 1. The van der Waals surface area contributed by atoms with Crippen LogP contribution in [-0.2, 0) is 6.42 Å². The van der Waals surface area contributed by atoms with Gasteiger partial charge in [-0.25, -0.2) is 4.98 Å². The summed E-state index contributed by atoms with van der Waals surface area (Å²) < 4.78 is 0. The zero-order valence-corrected chi connectivity index (χ0v) is 10.7. The van der Waals surface area contributed by atoms with Crippen molar-refractivity contribution in [2.45, 2.75) is 39.7 Å². The van der Waals surface area contributed by atoms with E-state index in [-0.39, 0.29) is 17.8 Å². The zero-order valence-electron chi connectivity index (χ0n) is 10.7. The van der Waals surface area contributed by atoms with Crippen LogP contribution in [0.1, 0.15) is 43.6 Å². The Labute approximate surface area is 101 Å². The standard InChI is InChI=1S/C11H21N5O/c1-4-9-14-10(16-15-9)11(17)13-8(6-12)5-7(2)3/h7-8H,4-6,12H2,1-3H3,(H,13,17)(H,14,15,16). The van der Waals surface area contributed by atoms with Crippen LogP contribution in [0.3, 0.4) is 0 Å². The van der Waals surface area contributed by atoms with E-state index in [1.807, 2.05) is 6.92 Å². The number of carbonyl (C=O) groups is 1. The van der Waals surface area contributed by atoms with E-state index in [4.69, 9.17) is 5.73 Å². The summed E-state index contributed by atoms with van der Waals surface area (Å²) in [7, 11) is 0. The number of rotatable bonds is 6. The van der Waals surface area contributed by atoms with Crippen molar-refractivity contribution in [3.8, 4) is 0 Å². The summed E-state index contributed by atoms with van der Waals surface area (Å²) in [4.78, 5) is 15.9. The van der Waals surface area contributed by atoms with Crippen molar-refractivity contribution >= 4 is 5.91 Å². The fourth-order valence-electron chi connectivity index (χ4n) is 1.59. The van der Waals surface area contributed by atoms with E-state index >= 15 is 0 Å². The molecule has 1 unspecified atom stereocenters. The Morgan fingerprint density at radius 1 is 1.53 bits per heavy atom. The number of aromatic nitrogens is 3. The lowest BCUT2D eigenvalue weighted by Crippen LogP contribution is -2.41. The van der Waals surface area contributed by atoms with Crippen molar-refractivity contribution in [2.75, 3.05) is 6.54 Å². The predicted octanol–water partition coefficient (Wildman–Crippen LogP) is 0.470. The first-order valence-corrected chi connectivity index (χ1v) is 5.99. The summed E-state index contributed by atoms with van der Waals surface area (Å²) in [6.45, 7) is 6.56. The van der Waals surface area contributed by atoms with Gasteiger partial charge in [-0.2, -0.15) is 0 Å². The van der Waals surface area contributed by atoms with Gasteiger partial charge in [-0.15, -0.1) is 5.10 Å². The number of aryl methyl sites for hydroxylation is 1. The average Bonchev–Trinajstić information content (AvgIpc) is 2.75. The van der Waals surface area contributed by atoms with Crippen molar-refractivity contribution in [2.24, 2.45) is 11.7 Å². The SMILES string of the molecule is CCc1nc(C(=O)NC(CN)CC(C)C)n[nH]1. The molecule has 0 radical (unpaired) electrons. The minimum atomic E-state index is -0.267. The van der Waals surface area contributed by atoms with Crippen molar-refractivity contribution in [1.29, 1.82) is 0 Å². The Balaban J connectivity index is 2.57. The topological polar surface area (TPSA) is 96.7 Å². The number of carbonyl (C=O) groups excluding carboxylic acids is 1. The van der Waals surface area contributed by atoms with Crippen LogP contribution in [0.25, 0.3) is 0 Å². The molecule has 0 fully saturated rings. The van der Waals surface area contributed by atoms with Gasteiger partial charge in [-0.05, 0) is 12.3 Å². The highest BCUT2D eigenvalue weighted by atomic mass is 16.2. The molecule has 0 aliphatic rings. The molecular weight excluding hydrogens is 218 g/mol. The second kappa shape index (κ2) is 6.34. The molecule has 4 N–H and O–H groups in total. The molecule has 0 aromatic carbocycles. The average molecular weight is 239 g/mol. The molecule has 0 spiro atoms. The summed E-state index contributed by atoms with van der Waals surface area (Å²) >= 11 is 0. The Morgan fingerprint density at radius 2 is 2.24 bits per heavy atom. The van der Waals surface area contributed by atoms with E-state index in [0.29, 0.717) is 18.3 Å². The number of aromatic amines is 1. The Bertz CT molecular complexity index is 360. The van der Waals surface area contributed by atoms with Crippen molar-refractivity contribution in [1.82, 2.24) is 20.5 Å². The number of hydrogen-bond acceptors (Lipinski definition) is 4. The summed E-state index contributed by atoms with van der Waals surface area (Å²) in [6, 6.07) is -0.0222. The van der Waals surface area contributed by atoms with Crippen LogP contribution in [0, 0.1) is 5.92 Å². The Kier molecular flexibility index (Phi) is 5.09. The van der Waals surface area contributed by atoms with Gasteiger partial charge in [-0.1, -0.05) is 20.8 Å². The Morgan fingerprint density at radius 3 is 2.71 bits per heavy atom. The third kappa shape index (κ3) is 4.14. The van der Waals surface area contributed by atoms with E-state index in [0.717, 1.165) is 12.8 Å². The van der Waals surface area contributed by atoms with Gasteiger partial charge in [0.1, 0.15) is 5.82 Å². The molecule has 1 atom stereocenters. The third-order valence-corrected chi connectivity index (χ3v) is 2.45. The van der Waals surface area contributed by atoms with Crippen molar-refractivity contribution in [3.05, 3.63) is 11.6 Å². The van der Waals surface area contributed by atoms with Crippen LogP contribution in [0.4, 0.5) is 0 Å². The molecule has 1 heterocycles. The molecule has 1 rings (SSSR count). The zero-order chi connectivity index (χ0) is 12.8. The molecule has 17 heavy (non-hydrogen) atoms. The fraction of sp³-hybridized carbons (Fsp3) is 0.727. The smallest absolute Gasteiger partial charge is 0.291 e. The number of nitrogens with zero attached hydrogens (tertiary/aromatic N) is 2. The number of hydrogen-bond donors (Lipinski definition) is 3. The predicted molar refractivity (Wildman–Crippen MR) is 65.5 cm³/mol. The first kappa shape index (κ1) is 13.6. The molecule has 1 amide bonds. The molecule has 6 nitrogen and oxygen atoms in total. The van der Waals surface area contributed by atoms with Crippen molar-refractivity contribution < 1.29 is 4.79 Å². The largest absolute Gasteiger partial charge is 0.345 e. The van der Waals surface area contributed by atoms with Gasteiger partial charge in [0.25, 0.3) is 5.91 Å². The summed E-state index contributed by atoms with van der Waals surface area (Å²) in [5.41, 5.74) is 5.62. The Hall–Kier alpha value is -1.43. The molecule has 0 aliphatic carbocycles. The molecule has 0 bridgehead atoms. The first-order valence-electron chi connectivity index (χ1n) is 5.99. The summed E-state index contributed by atoms with van der Waals surface area (Å²) in [5.74, 6) is 1.12. The molecule has 0 aliphatic heterocycles. The molecule has 96 valence electrons. The molecular formula is C11H21N5O. The van der Waals surface area contributed by atoms with Gasteiger partial charge in [0, 0.05) is 19.0 Å². The van der Waals surface area contributed by atoms with Crippen molar-refractivity contribution in [3.63, 3.8) is 0 Å². The van der Waals surface area contributed by atoms with Crippen LogP contribution in [0.5, 0.6) is 0 Å². The normalized spacial score (nSPS) is 12.8. The van der Waals surface area contributed by atoms with E-state index in [1.54, 1.807) is 0 Å². The highest BCUT2D eigenvalue weighted by Crippen LogP contribution is 2.04. The maximum Gasteiger partial charge on any atom is 0.291 e. The number of amides is 1. The molecule has 6 heteroatoms. The summed E-state index contributed by atoms with van der Waals surface area (Å²) in [5, 5.41) is 9.42. The minimum Gasteiger partial charge on any atom is -0.345 e. The van der Waals surface area contributed by atoms with Gasteiger partial charge in [0.05, 0.1) is 0 Å². The lowest BCUT2D eigenvalue weighted by Gasteiger charge is -2.17.